The third-order valence-electron chi connectivity index (χ3n) is 11.1. The minimum Gasteiger partial charge on any atom is -0.504 e. The minimum absolute atomic E-state index is 0.00465. The van der Waals surface area contributed by atoms with E-state index < -0.39 is 69.4 Å². The fourth-order valence-electron chi connectivity index (χ4n) is 8.90. The van der Waals surface area contributed by atoms with E-state index in [9.17, 15) is 34.0 Å². The van der Waals surface area contributed by atoms with Crippen molar-refractivity contribution in [2.45, 2.75) is 24.2 Å². The summed E-state index contributed by atoms with van der Waals surface area (Å²) in [5.74, 6) is -7.34. The third kappa shape index (κ3) is 5.09. The van der Waals surface area contributed by atoms with Gasteiger partial charge in [0.1, 0.15) is 5.82 Å². The Morgan fingerprint density at radius 2 is 1.68 bits per heavy atom. The van der Waals surface area contributed by atoms with E-state index in [4.69, 9.17) is 16.3 Å². The molecule has 2 aliphatic carbocycles. The number of halogens is 2. The van der Waals surface area contributed by atoms with Gasteiger partial charge in [-0.3, -0.25) is 34.7 Å². The SMILES string of the molecule is COc1cc([C@H]2C3=CC[C@@H]4C(=O)N(c5cccc([N+](=O)[O-])c5)C(=O)[C@@H]4[C@@H]3C[C@H]3C(=O)N(Nc4ccc(F)cc4)C(=O)[C@@]23c2ccc(Cl)cc2)ccc1O. The van der Waals surface area contributed by atoms with Crippen molar-refractivity contribution in [3.8, 4) is 11.5 Å². The Bertz CT molecular complexity index is 2260. The fraction of sp³-hybridized carbons (Fsp3) is 0.231. The van der Waals surface area contributed by atoms with Crippen LogP contribution in [0.1, 0.15) is 29.9 Å². The van der Waals surface area contributed by atoms with Crippen molar-refractivity contribution in [1.82, 2.24) is 5.01 Å². The number of benzene rings is 4. The second-order valence-corrected chi connectivity index (χ2v) is 14.0. The number of nitro benzene ring substituents is 1. The molecule has 0 aromatic heterocycles. The molecule has 14 heteroatoms. The molecule has 2 saturated heterocycles. The molecule has 53 heavy (non-hydrogen) atoms. The van der Waals surface area contributed by atoms with Crippen LogP contribution in [0, 0.1) is 39.6 Å². The zero-order valence-corrected chi connectivity index (χ0v) is 28.7. The summed E-state index contributed by atoms with van der Waals surface area (Å²) in [6.45, 7) is 0. The van der Waals surface area contributed by atoms with E-state index in [1.165, 1.54) is 61.7 Å². The quantitative estimate of drug-likeness (QED) is 0.0962. The van der Waals surface area contributed by atoms with E-state index in [0.717, 1.165) is 9.91 Å². The Kier molecular flexibility index (Phi) is 8.06. The molecule has 12 nitrogen and oxygen atoms in total. The Balaban J connectivity index is 1.32. The Morgan fingerprint density at radius 1 is 0.943 bits per heavy atom. The van der Waals surface area contributed by atoms with Crippen LogP contribution in [-0.4, -0.2) is 45.8 Å². The molecule has 4 aromatic carbocycles. The van der Waals surface area contributed by atoms with Gasteiger partial charge in [-0.1, -0.05) is 47.5 Å². The molecule has 2 N–H and O–H groups in total. The summed E-state index contributed by atoms with van der Waals surface area (Å²) in [4.78, 5) is 70.4. The summed E-state index contributed by atoms with van der Waals surface area (Å²) in [5, 5.41) is 23.5. The first-order valence-corrected chi connectivity index (χ1v) is 17.2. The van der Waals surface area contributed by atoms with E-state index >= 15 is 4.79 Å². The van der Waals surface area contributed by atoms with Crippen molar-refractivity contribution < 1.29 is 38.3 Å². The number of nitrogens with zero attached hydrogens (tertiary/aromatic N) is 3. The number of methoxy groups -OCH3 is 1. The summed E-state index contributed by atoms with van der Waals surface area (Å²) in [5.41, 5.74) is 2.95. The number of aromatic hydroxyl groups is 1. The van der Waals surface area contributed by atoms with Gasteiger partial charge in [0.15, 0.2) is 11.5 Å². The van der Waals surface area contributed by atoms with Crippen molar-refractivity contribution in [2.24, 2.45) is 23.7 Å². The van der Waals surface area contributed by atoms with Gasteiger partial charge in [0.25, 0.3) is 17.5 Å². The topological polar surface area (TPSA) is 159 Å². The molecule has 268 valence electrons. The van der Waals surface area contributed by atoms with Crippen LogP contribution in [0.25, 0.3) is 0 Å². The molecule has 4 aliphatic rings. The lowest BCUT2D eigenvalue weighted by Gasteiger charge is -2.50. The highest BCUT2D eigenvalue weighted by Gasteiger charge is 2.70. The van der Waals surface area contributed by atoms with Crippen LogP contribution in [0.5, 0.6) is 11.5 Å². The van der Waals surface area contributed by atoms with Crippen molar-refractivity contribution in [3.63, 3.8) is 0 Å². The van der Waals surface area contributed by atoms with Crippen molar-refractivity contribution >= 4 is 52.3 Å². The number of phenols is 1. The van der Waals surface area contributed by atoms with Crippen LogP contribution in [0.15, 0.2) is 103 Å². The monoisotopic (exact) mass is 736 g/mol. The number of rotatable bonds is 7. The van der Waals surface area contributed by atoms with E-state index in [2.05, 4.69) is 5.43 Å². The summed E-state index contributed by atoms with van der Waals surface area (Å²) < 4.78 is 19.3. The molecular weight excluding hydrogens is 707 g/mol. The molecule has 1 saturated carbocycles. The van der Waals surface area contributed by atoms with E-state index in [-0.39, 0.29) is 41.4 Å². The standard InChI is InChI=1S/C39H30ClFN4O8/c1-53-32-17-20(5-16-31(32)46)34-27-14-15-28-33(37(49)43(35(28)47)25-3-2-4-26(18-25)45(51)52)29(27)19-30-36(48)44(42-24-12-10-23(41)11-13-24)38(50)39(30,34)21-6-8-22(40)9-7-21/h2-14,16-18,28-30,33-34,42,46H,15,19H2,1H3/t28-,29+,30-,33-,34-,39+/m0/s1. The van der Waals surface area contributed by atoms with Crippen LogP contribution in [0.3, 0.4) is 0 Å². The van der Waals surface area contributed by atoms with Crippen LogP contribution in [-0.2, 0) is 24.6 Å². The van der Waals surface area contributed by atoms with E-state index in [1.807, 2.05) is 6.08 Å². The highest BCUT2D eigenvalue weighted by Crippen LogP contribution is 2.64. The number of carbonyl (C=O) groups excluding carboxylic acids is 4. The number of non-ortho nitro benzene ring substituents is 1. The Morgan fingerprint density at radius 3 is 2.38 bits per heavy atom. The normalized spacial score (nSPS) is 26.2. The van der Waals surface area contributed by atoms with Gasteiger partial charge in [0.05, 0.1) is 46.6 Å². The number of fused-ring (bicyclic) bond motifs is 4. The maximum Gasteiger partial charge on any atom is 0.271 e. The smallest absolute Gasteiger partial charge is 0.271 e. The summed E-state index contributed by atoms with van der Waals surface area (Å²) in [6.07, 6.45) is 1.98. The number of nitrogens with one attached hydrogen (secondary N) is 1. The van der Waals surface area contributed by atoms with Crippen LogP contribution < -0.4 is 15.1 Å². The first-order valence-electron chi connectivity index (χ1n) is 16.8. The molecule has 8 rings (SSSR count). The van der Waals surface area contributed by atoms with Gasteiger partial charge in [-0.15, -0.1) is 0 Å². The zero-order chi connectivity index (χ0) is 37.3. The first kappa shape index (κ1) is 34.0. The van der Waals surface area contributed by atoms with Crippen LogP contribution in [0.2, 0.25) is 5.02 Å². The summed E-state index contributed by atoms with van der Waals surface area (Å²) in [7, 11) is 1.38. The average molecular weight is 737 g/mol. The molecule has 2 aliphatic heterocycles. The Hall–Kier alpha value is -6.08. The molecular formula is C39H30ClFN4O8. The largest absolute Gasteiger partial charge is 0.504 e. The lowest BCUT2D eigenvalue weighted by atomic mass is 9.49. The van der Waals surface area contributed by atoms with Gasteiger partial charge in [-0.2, -0.15) is 5.01 Å². The number of anilines is 2. The molecule has 6 atom stereocenters. The second kappa shape index (κ2) is 12.6. The van der Waals surface area contributed by atoms with Crippen molar-refractivity contribution in [1.29, 1.82) is 0 Å². The Labute approximate surface area is 306 Å². The summed E-state index contributed by atoms with van der Waals surface area (Å²) in [6, 6.07) is 21.8. The van der Waals surface area contributed by atoms with Gasteiger partial charge < -0.3 is 9.84 Å². The van der Waals surface area contributed by atoms with E-state index in [1.54, 1.807) is 36.4 Å². The molecule has 0 unspecified atom stereocenters. The van der Waals surface area contributed by atoms with Gasteiger partial charge in [0.2, 0.25) is 11.8 Å². The fourth-order valence-corrected chi connectivity index (χ4v) is 9.03. The number of hydrogen-bond acceptors (Lipinski definition) is 9. The number of ether oxygens (including phenoxy) is 1. The van der Waals surface area contributed by atoms with E-state index in [0.29, 0.717) is 21.7 Å². The molecule has 4 amide bonds. The number of allylic oxidation sites excluding steroid dienone is 2. The number of hydrazine groups is 1. The molecule has 2 heterocycles. The number of carbonyl (C=O) groups is 4. The lowest BCUT2D eigenvalue weighted by Crippen LogP contribution is -2.53. The van der Waals surface area contributed by atoms with Crippen molar-refractivity contribution in [2.75, 3.05) is 17.4 Å². The second-order valence-electron chi connectivity index (χ2n) is 13.6. The molecule has 3 fully saturated rings. The number of imide groups is 2. The maximum atomic E-state index is 15.2. The molecule has 4 aromatic rings. The molecule has 0 spiro atoms. The van der Waals surface area contributed by atoms with Gasteiger partial charge in [0, 0.05) is 23.1 Å². The molecule has 0 bridgehead atoms. The number of nitro groups is 1. The average Bonchev–Trinajstić information content (AvgIpc) is 3.53. The third-order valence-corrected chi connectivity index (χ3v) is 11.3. The zero-order valence-electron chi connectivity index (χ0n) is 27.9. The summed E-state index contributed by atoms with van der Waals surface area (Å²) >= 11 is 6.34. The number of phenolic OH excluding ortho intramolecular Hbond substituents is 1. The molecule has 0 radical (unpaired) electrons. The van der Waals surface area contributed by atoms with Gasteiger partial charge in [-0.25, -0.2) is 9.29 Å². The maximum absolute atomic E-state index is 15.2. The highest BCUT2D eigenvalue weighted by molar-refractivity contribution is 6.30. The predicted molar refractivity (Wildman–Crippen MR) is 189 cm³/mol. The highest BCUT2D eigenvalue weighted by atomic mass is 35.5. The predicted octanol–water partition coefficient (Wildman–Crippen LogP) is 6.29. The van der Waals surface area contributed by atoms with Crippen molar-refractivity contribution in [3.05, 3.63) is 135 Å². The minimum atomic E-state index is -1.63. The van der Waals surface area contributed by atoms with Gasteiger partial charge >= 0.3 is 0 Å². The van der Waals surface area contributed by atoms with Crippen LogP contribution in [0.4, 0.5) is 21.5 Å². The number of hydrogen-bond donors (Lipinski definition) is 2. The van der Waals surface area contributed by atoms with Gasteiger partial charge in [-0.05, 0) is 84.5 Å². The number of amides is 4. The first-order chi connectivity index (χ1) is 25.4. The van der Waals surface area contributed by atoms with Crippen LogP contribution >= 0.6 is 11.6 Å². The lowest BCUT2D eigenvalue weighted by molar-refractivity contribution is -0.384.